The van der Waals surface area contributed by atoms with E-state index in [0.717, 1.165) is 81.2 Å². The number of likely N-dealkylation sites (tertiary alicyclic amines) is 1. The molecule has 3 N–H and O–H groups in total. The maximum absolute atomic E-state index is 15.5. The van der Waals surface area contributed by atoms with E-state index >= 15 is 38.4 Å². The fourth-order valence-electron chi connectivity index (χ4n) is 16.6. The molecule has 10 atom stereocenters. The minimum Gasteiger partial charge on any atom is -0.343 e. The average Bonchev–Trinajstić information content (AvgIpc) is 1.50. The van der Waals surface area contributed by atoms with Gasteiger partial charge in [0.15, 0.2) is 0 Å². The molecule has 568 valence electrons. The Hall–Kier alpha value is -7.06. The molecule has 102 heavy (non-hydrogen) atoms. The predicted molar refractivity (Wildman–Crippen MR) is 376 cm³/mol. The molecule has 0 unspecified atom stereocenters. The van der Waals surface area contributed by atoms with Crippen molar-refractivity contribution < 1.29 is 70.7 Å². The molecule has 0 radical (unpaired) electrons. The van der Waals surface area contributed by atoms with E-state index in [0.29, 0.717) is 57.2 Å². The van der Waals surface area contributed by atoms with E-state index in [-0.39, 0.29) is 76.3 Å². The number of alkyl halides is 3. The Morgan fingerprint density at radius 1 is 0.608 bits per heavy atom. The summed E-state index contributed by atoms with van der Waals surface area (Å²) < 4.78 is 41.7. The number of nitrogens with zero attached hydrogens (tertiary/aromatic N) is 9. The summed E-state index contributed by atoms with van der Waals surface area (Å²) in [5.74, 6) is -8.48. The quantitative estimate of drug-likeness (QED) is 0.213. The molecule has 8 rings (SSSR count). The van der Waals surface area contributed by atoms with Crippen LogP contribution < -0.4 is 16.0 Å². The van der Waals surface area contributed by atoms with Crippen molar-refractivity contribution in [1.29, 1.82) is 0 Å². The maximum atomic E-state index is 15.5. The third-order valence-electron chi connectivity index (χ3n) is 23.5. The standard InChI is InChI=1S/C74H112ClF3N12O12/c1-12-46(4)61-70(100)83(7)47(5)65(95)90-39-33-55(90)68(98)85(9)57(42-49-24-15-13-16-25-49)67(97)82(6)44-59(91)79-53(32-30-50-29-31-51(52(75)40-50)74(76,77)78)66(96)89-38-23-28-54(89)64(94)81-73(34-19-20-35-73)72(102)87(11)62(45(2)3)71(101)86(10)58(69(99)88-36-21-14-22-37-88)43-60(92)84(8)56(63(93)80-61)41-48-26-17-18-27-48/h29,31,40,45-49,53-58,61-62H,12-28,30,32-39,41-44H2,1-11H3,(H,79,91)(H,80,93)(H,81,94)/t46-,47-,53-,54-,55-,56-,57-,58-,61-,62-/m0/s1. The van der Waals surface area contributed by atoms with Crippen molar-refractivity contribution in [3.8, 4) is 0 Å². The number of hydrogen-bond donors (Lipinski definition) is 3. The van der Waals surface area contributed by atoms with Gasteiger partial charge in [0, 0.05) is 68.5 Å². The molecule has 7 aliphatic rings. The molecule has 4 saturated heterocycles. The van der Waals surface area contributed by atoms with Crippen LogP contribution in [0.2, 0.25) is 5.02 Å². The van der Waals surface area contributed by atoms with Gasteiger partial charge in [-0.25, -0.2) is 0 Å². The summed E-state index contributed by atoms with van der Waals surface area (Å²) >= 11 is 6.17. The van der Waals surface area contributed by atoms with E-state index in [1.54, 1.807) is 25.7 Å². The van der Waals surface area contributed by atoms with Gasteiger partial charge in [-0.3, -0.25) is 57.5 Å². The highest BCUT2D eigenvalue weighted by Gasteiger charge is 2.52. The van der Waals surface area contributed by atoms with Crippen LogP contribution in [0.4, 0.5) is 13.2 Å². The van der Waals surface area contributed by atoms with Gasteiger partial charge >= 0.3 is 6.18 Å². The lowest BCUT2D eigenvalue weighted by atomic mass is 9.84. The molecule has 4 aliphatic heterocycles. The Kier molecular flexibility index (Phi) is 27.8. The number of carbonyl (C=O) groups excluding carboxylic acids is 12. The number of fused-ring (bicyclic) bond motifs is 2. The summed E-state index contributed by atoms with van der Waals surface area (Å²) in [6, 6.07) is -7.73. The van der Waals surface area contributed by atoms with E-state index in [4.69, 9.17) is 11.6 Å². The van der Waals surface area contributed by atoms with Crippen LogP contribution in [-0.4, -0.2) is 250 Å². The second kappa shape index (κ2) is 35.1. The molecule has 4 heterocycles. The Morgan fingerprint density at radius 2 is 1.21 bits per heavy atom. The first-order valence-electron chi connectivity index (χ1n) is 37.5. The maximum Gasteiger partial charge on any atom is 0.417 e. The van der Waals surface area contributed by atoms with Crippen molar-refractivity contribution in [2.75, 3.05) is 75.0 Å². The molecule has 3 aliphatic carbocycles. The first kappa shape index (κ1) is 80.6. The van der Waals surface area contributed by atoms with Crippen molar-refractivity contribution in [2.45, 2.75) is 261 Å². The molecular weight excluding hydrogens is 1340 g/mol. The summed E-state index contributed by atoms with van der Waals surface area (Å²) in [6.45, 7) is 9.00. The van der Waals surface area contributed by atoms with Gasteiger partial charge in [0.25, 0.3) is 0 Å². The number of amides is 12. The zero-order valence-electron chi connectivity index (χ0n) is 61.9. The van der Waals surface area contributed by atoms with Crippen LogP contribution in [0.3, 0.4) is 0 Å². The number of rotatable bonds is 11. The van der Waals surface area contributed by atoms with Gasteiger partial charge in [-0.2, -0.15) is 13.2 Å². The third-order valence-corrected chi connectivity index (χ3v) is 23.8. The summed E-state index contributed by atoms with van der Waals surface area (Å²) in [6.07, 6.45) is 7.39. The molecule has 1 spiro atoms. The molecule has 1 aromatic carbocycles. The van der Waals surface area contributed by atoms with Gasteiger partial charge in [-0.05, 0) is 125 Å². The first-order valence-corrected chi connectivity index (χ1v) is 37.8. The lowest BCUT2D eigenvalue weighted by Crippen LogP contribution is -2.65. The van der Waals surface area contributed by atoms with Crippen LogP contribution in [0.15, 0.2) is 18.2 Å². The lowest BCUT2D eigenvalue weighted by Gasteiger charge is -2.45. The fourth-order valence-corrected chi connectivity index (χ4v) is 16.9. The van der Waals surface area contributed by atoms with E-state index in [9.17, 15) is 32.3 Å². The number of hydrogen-bond acceptors (Lipinski definition) is 12. The van der Waals surface area contributed by atoms with E-state index in [1.165, 1.54) is 89.6 Å². The average molecular weight is 1450 g/mol. The molecule has 1 aromatic rings. The molecule has 24 nitrogen and oxygen atoms in total. The first-order chi connectivity index (χ1) is 48.2. The Morgan fingerprint density at radius 3 is 1.78 bits per heavy atom. The van der Waals surface area contributed by atoms with Gasteiger partial charge in [0.05, 0.1) is 23.6 Å². The summed E-state index contributed by atoms with van der Waals surface area (Å²) in [5.41, 5.74) is -2.35. The van der Waals surface area contributed by atoms with Gasteiger partial charge in [-0.1, -0.05) is 122 Å². The Labute approximate surface area is 604 Å². The highest BCUT2D eigenvalue weighted by molar-refractivity contribution is 6.31. The highest BCUT2D eigenvalue weighted by Crippen LogP contribution is 2.38. The molecule has 0 aromatic heterocycles. The number of aryl methyl sites for hydroxylation is 1. The van der Waals surface area contributed by atoms with Crippen LogP contribution in [0.25, 0.3) is 0 Å². The second-order valence-electron chi connectivity index (χ2n) is 30.7. The minimum absolute atomic E-state index is 0.0251. The van der Waals surface area contributed by atoms with E-state index in [2.05, 4.69) is 16.0 Å². The van der Waals surface area contributed by atoms with Gasteiger partial charge in [0.1, 0.15) is 59.9 Å². The fraction of sp³-hybridized carbons (Fsp3) is 0.757. The van der Waals surface area contributed by atoms with E-state index in [1.807, 2.05) is 6.92 Å². The summed E-state index contributed by atoms with van der Waals surface area (Å²) in [5, 5.41) is 8.25. The zero-order chi connectivity index (χ0) is 74.8. The van der Waals surface area contributed by atoms with Crippen LogP contribution >= 0.6 is 11.6 Å². The SMILES string of the molecule is CC[C@H](C)[C@@H]1NC(=O)[C@H](CC2CCCC2)N(C)C(=O)C[C@@H](C(=O)N2CCCCC2)N(C)C(=O)[C@H](C(C)C)N(C)C(=O)C2(CCCC2)NC(=O)[C@@H]2CCCN2C(=O)[C@H](CCc2ccc(C(F)(F)F)c(Cl)c2)NC(=O)CN(C)C(=O)[C@H](CC2CCCCC2)N(C)C(=O)[C@@H]2CCN2C(=O)[C@H](C)N(C)C1=O. The zero-order valence-corrected chi connectivity index (χ0v) is 62.6. The molecule has 12 amide bonds. The third kappa shape index (κ3) is 18.7. The van der Waals surface area contributed by atoms with Crippen molar-refractivity contribution in [1.82, 2.24) is 60.0 Å². The van der Waals surface area contributed by atoms with Gasteiger partial charge < -0.3 is 60.0 Å². The molecule has 7 fully saturated rings. The molecule has 28 heteroatoms. The van der Waals surface area contributed by atoms with Crippen molar-refractivity contribution in [3.63, 3.8) is 0 Å². The number of piperidine rings is 1. The lowest BCUT2D eigenvalue weighted by molar-refractivity contribution is -0.160. The molecule has 0 bridgehead atoms. The van der Waals surface area contributed by atoms with Gasteiger partial charge in [-0.15, -0.1) is 0 Å². The Bertz CT molecular complexity index is 3230. The minimum atomic E-state index is -4.76. The normalized spacial score (nSPS) is 28.4. The monoisotopic (exact) mass is 1450 g/mol. The van der Waals surface area contributed by atoms with Crippen LogP contribution in [-0.2, 0) is 70.1 Å². The van der Waals surface area contributed by atoms with E-state index < -0.39 is 172 Å². The number of carbonyl (C=O) groups is 12. The predicted octanol–water partition coefficient (Wildman–Crippen LogP) is 6.56. The van der Waals surface area contributed by atoms with Crippen molar-refractivity contribution in [3.05, 3.63) is 34.3 Å². The number of likely N-dealkylation sites (N-methyl/N-ethyl adjacent to an activating group) is 6. The second-order valence-corrected chi connectivity index (χ2v) is 31.1. The Balaban J connectivity index is 1.17. The smallest absolute Gasteiger partial charge is 0.343 e. The number of halogens is 4. The van der Waals surface area contributed by atoms with Crippen LogP contribution in [0.1, 0.15) is 200 Å². The number of benzene rings is 1. The highest BCUT2D eigenvalue weighted by atomic mass is 35.5. The van der Waals surface area contributed by atoms with Gasteiger partial charge in [0.2, 0.25) is 70.9 Å². The van der Waals surface area contributed by atoms with Crippen molar-refractivity contribution >= 4 is 82.5 Å². The molecular formula is C74H112ClF3N12O12. The topological polar surface area (TPSA) is 270 Å². The summed E-state index contributed by atoms with van der Waals surface area (Å²) in [4.78, 5) is 193. The van der Waals surface area contributed by atoms with Crippen molar-refractivity contribution in [2.24, 2.45) is 23.7 Å². The largest absolute Gasteiger partial charge is 0.417 e. The van der Waals surface area contributed by atoms with Crippen LogP contribution in [0, 0.1) is 23.7 Å². The van der Waals surface area contributed by atoms with Crippen LogP contribution in [0.5, 0.6) is 0 Å². The molecule has 3 saturated carbocycles. The number of nitrogens with one attached hydrogen (secondary N) is 3. The summed E-state index contributed by atoms with van der Waals surface area (Å²) in [7, 11) is 8.71.